The van der Waals surface area contributed by atoms with Crippen LogP contribution in [0.15, 0.2) is 18.2 Å². The lowest BCUT2D eigenvalue weighted by Crippen LogP contribution is -2.30. The summed E-state index contributed by atoms with van der Waals surface area (Å²) in [7, 11) is -1.59. The fourth-order valence-electron chi connectivity index (χ4n) is 1.26. The van der Waals surface area contributed by atoms with Crippen LogP contribution in [0.4, 0.5) is 4.39 Å². The maximum Gasteiger partial charge on any atom is 0.488 e. The molecule has 0 unspecified atom stereocenters. The average molecular weight is 182 g/mol. The molecule has 4 heteroatoms. The standard InChI is InChI=1S/C9H12BFO2/c1-2-3-7-4-8(10(12)13)6-9(11)5-7/h4-6,12-13H,2-3H2,1H3. The van der Waals surface area contributed by atoms with Gasteiger partial charge in [0.15, 0.2) is 0 Å². The zero-order chi connectivity index (χ0) is 9.84. The lowest BCUT2D eigenvalue weighted by Gasteiger charge is -2.03. The molecule has 70 valence electrons. The van der Waals surface area contributed by atoms with Crippen LogP contribution in [0.25, 0.3) is 0 Å². The predicted molar refractivity (Wildman–Crippen MR) is 50.2 cm³/mol. The van der Waals surface area contributed by atoms with E-state index in [1.807, 2.05) is 6.92 Å². The average Bonchev–Trinajstić information content (AvgIpc) is 2.03. The molecule has 0 aliphatic rings. The monoisotopic (exact) mass is 182 g/mol. The Kier molecular flexibility index (Phi) is 3.45. The van der Waals surface area contributed by atoms with Crippen molar-refractivity contribution >= 4 is 12.6 Å². The highest BCUT2D eigenvalue weighted by Crippen LogP contribution is 2.04. The molecule has 0 aromatic heterocycles. The molecular formula is C9H12BFO2. The molecule has 0 saturated heterocycles. The Morgan fingerprint density at radius 2 is 2.00 bits per heavy atom. The Labute approximate surface area is 77.2 Å². The van der Waals surface area contributed by atoms with Crippen LogP contribution in [0.2, 0.25) is 0 Å². The fraction of sp³-hybridized carbons (Fsp3) is 0.333. The van der Waals surface area contributed by atoms with Crippen LogP contribution in [0, 0.1) is 5.82 Å². The highest BCUT2D eigenvalue weighted by Gasteiger charge is 2.12. The molecule has 0 bridgehead atoms. The second-order valence-corrected chi connectivity index (χ2v) is 3.02. The van der Waals surface area contributed by atoms with E-state index in [1.165, 1.54) is 6.07 Å². The molecule has 1 aromatic rings. The second kappa shape index (κ2) is 4.39. The Morgan fingerprint density at radius 1 is 1.31 bits per heavy atom. The van der Waals surface area contributed by atoms with E-state index < -0.39 is 12.9 Å². The SMILES string of the molecule is CCCc1cc(F)cc(B(O)O)c1. The topological polar surface area (TPSA) is 40.5 Å². The van der Waals surface area contributed by atoms with Gasteiger partial charge in [-0.2, -0.15) is 0 Å². The minimum atomic E-state index is -1.59. The van der Waals surface area contributed by atoms with Gasteiger partial charge in [0.2, 0.25) is 0 Å². The maximum atomic E-state index is 12.9. The van der Waals surface area contributed by atoms with Gasteiger partial charge in [-0.15, -0.1) is 0 Å². The van der Waals surface area contributed by atoms with Crippen LogP contribution in [0.1, 0.15) is 18.9 Å². The molecule has 1 aromatic carbocycles. The van der Waals surface area contributed by atoms with Crippen molar-refractivity contribution in [3.05, 3.63) is 29.6 Å². The van der Waals surface area contributed by atoms with Crippen molar-refractivity contribution in [1.29, 1.82) is 0 Å². The lowest BCUT2D eigenvalue weighted by molar-refractivity contribution is 0.425. The van der Waals surface area contributed by atoms with Gasteiger partial charge in [-0.1, -0.05) is 19.4 Å². The first kappa shape index (κ1) is 10.2. The molecule has 0 amide bonds. The van der Waals surface area contributed by atoms with Gasteiger partial charge in [-0.05, 0) is 29.6 Å². The van der Waals surface area contributed by atoms with Crippen molar-refractivity contribution in [3.63, 3.8) is 0 Å². The molecule has 0 fully saturated rings. The van der Waals surface area contributed by atoms with E-state index in [4.69, 9.17) is 10.0 Å². The van der Waals surface area contributed by atoms with Gasteiger partial charge < -0.3 is 10.0 Å². The molecule has 0 aliphatic heterocycles. The minimum absolute atomic E-state index is 0.212. The van der Waals surface area contributed by atoms with Crippen molar-refractivity contribution in [2.24, 2.45) is 0 Å². The van der Waals surface area contributed by atoms with E-state index in [9.17, 15) is 4.39 Å². The van der Waals surface area contributed by atoms with Crippen molar-refractivity contribution < 1.29 is 14.4 Å². The van der Waals surface area contributed by atoms with E-state index in [2.05, 4.69) is 0 Å². The molecule has 0 spiro atoms. The van der Waals surface area contributed by atoms with Gasteiger partial charge in [0, 0.05) is 0 Å². The molecule has 0 saturated carbocycles. The number of hydrogen-bond donors (Lipinski definition) is 2. The van der Waals surface area contributed by atoms with E-state index in [1.54, 1.807) is 6.07 Å². The minimum Gasteiger partial charge on any atom is -0.423 e. The molecule has 13 heavy (non-hydrogen) atoms. The van der Waals surface area contributed by atoms with Gasteiger partial charge in [0.05, 0.1) is 0 Å². The third-order valence-electron chi connectivity index (χ3n) is 1.82. The molecule has 0 aliphatic carbocycles. The molecule has 0 radical (unpaired) electrons. The summed E-state index contributed by atoms with van der Waals surface area (Å²) in [6, 6.07) is 4.15. The number of halogens is 1. The summed E-state index contributed by atoms with van der Waals surface area (Å²) in [4.78, 5) is 0. The third kappa shape index (κ3) is 2.83. The number of benzene rings is 1. The number of aryl methyl sites for hydroxylation is 1. The van der Waals surface area contributed by atoms with Crippen molar-refractivity contribution in [2.75, 3.05) is 0 Å². The zero-order valence-electron chi connectivity index (χ0n) is 7.50. The largest absolute Gasteiger partial charge is 0.488 e. The summed E-state index contributed by atoms with van der Waals surface area (Å²) in [6.45, 7) is 1.99. The second-order valence-electron chi connectivity index (χ2n) is 3.02. The van der Waals surface area contributed by atoms with Crippen molar-refractivity contribution in [2.45, 2.75) is 19.8 Å². The molecule has 2 N–H and O–H groups in total. The number of hydrogen-bond acceptors (Lipinski definition) is 2. The summed E-state index contributed by atoms with van der Waals surface area (Å²) in [6.07, 6.45) is 1.65. The Balaban J connectivity index is 2.96. The predicted octanol–water partition coefficient (Wildman–Crippen LogP) is 0.458. The number of rotatable bonds is 3. The third-order valence-corrected chi connectivity index (χ3v) is 1.82. The molecule has 1 rings (SSSR count). The van der Waals surface area contributed by atoms with Crippen LogP contribution < -0.4 is 5.46 Å². The van der Waals surface area contributed by atoms with Crippen LogP contribution in [-0.2, 0) is 6.42 Å². The first-order valence-corrected chi connectivity index (χ1v) is 4.29. The quantitative estimate of drug-likeness (QED) is 0.666. The van der Waals surface area contributed by atoms with Gasteiger partial charge in [0.25, 0.3) is 0 Å². The maximum absolute atomic E-state index is 12.9. The highest BCUT2D eigenvalue weighted by atomic mass is 19.1. The van der Waals surface area contributed by atoms with Gasteiger partial charge in [0.1, 0.15) is 5.82 Å². The zero-order valence-corrected chi connectivity index (χ0v) is 7.50. The molecule has 0 heterocycles. The smallest absolute Gasteiger partial charge is 0.423 e. The Hall–Kier alpha value is -0.865. The molecule has 0 atom stereocenters. The van der Waals surface area contributed by atoms with Crippen molar-refractivity contribution in [3.8, 4) is 0 Å². The van der Waals surface area contributed by atoms with Gasteiger partial charge in [-0.25, -0.2) is 4.39 Å². The normalized spacial score (nSPS) is 10.2. The highest BCUT2D eigenvalue weighted by molar-refractivity contribution is 6.58. The lowest BCUT2D eigenvalue weighted by atomic mass is 9.79. The van der Waals surface area contributed by atoms with Crippen molar-refractivity contribution in [1.82, 2.24) is 0 Å². The summed E-state index contributed by atoms with van der Waals surface area (Å²) in [5.74, 6) is -0.422. The summed E-state index contributed by atoms with van der Waals surface area (Å²) < 4.78 is 12.9. The molecule has 2 nitrogen and oxygen atoms in total. The first-order valence-electron chi connectivity index (χ1n) is 4.29. The van der Waals surface area contributed by atoms with Gasteiger partial charge >= 0.3 is 7.12 Å². The van der Waals surface area contributed by atoms with E-state index in [0.717, 1.165) is 24.5 Å². The summed E-state index contributed by atoms with van der Waals surface area (Å²) >= 11 is 0. The van der Waals surface area contributed by atoms with E-state index >= 15 is 0 Å². The van der Waals surface area contributed by atoms with E-state index in [-0.39, 0.29) is 5.46 Å². The Bertz CT molecular complexity index is 289. The van der Waals surface area contributed by atoms with Crippen LogP contribution in [-0.4, -0.2) is 17.2 Å². The van der Waals surface area contributed by atoms with Gasteiger partial charge in [-0.3, -0.25) is 0 Å². The van der Waals surface area contributed by atoms with Crippen LogP contribution >= 0.6 is 0 Å². The summed E-state index contributed by atoms with van der Waals surface area (Å²) in [5, 5.41) is 17.7. The Morgan fingerprint density at radius 3 is 2.54 bits per heavy atom. The van der Waals surface area contributed by atoms with Crippen LogP contribution in [0.3, 0.4) is 0 Å². The first-order chi connectivity index (χ1) is 6.13. The summed E-state index contributed by atoms with van der Waals surface area (Å²) in [5.41, 5.74) is 1.01. The fourth-order valence-corrected chi connectivity index (χ4v) is 1.26. The molecular weight excluding hydrogens is 170 g/mol. The van der Waals surface area contributed by atoms with E-state index in [0.29, 0.717) is 0 Å². The van der Waals surface area contributed by atoms with Crippen LogP contribution in [0.5, 0.6) is 0 Å².